The highest BCUT2D eigenvalue weighted by Crippen LogP contribution is 2.35. The van der Waals surface area contributed by atoms with Crippen molar-refractivity contribution in [2.45, 2.75) is 38.5 Å². The fourth-order valence-electron chi connectivity index (χ4n) is 3.86. The van der Waals surface area contributed by atoms with E-state index in [1.807, 2.05) is 6.07 Å². The molecule has 130 valence electrons. The van der Waals surface area contributed by atoms with Gasteiger partial charge in [-0.1, -0.05) is 31.9 Å². The van der Waals surface area contributed by atoms with Crippen LogP contribution in [0.5, 0.6) is 5.75 Å². The van der Waals surface area contributed by atoms with Crippen molar-refractivity contribution < 1.29 is 4.74 Å². The summed E-state index contributed by atoms with van der Waals surface area (Å²) < 4.78 is 5.43. The molecule has 1 aliphatic rings. The highest BCUT2D eigenvalue weighted by Gasteiger charge is 2.30. The maximum atomic E-state index is 5.43. The Balaban J connectivity index is 2.05. The average Bonchev–Trinajstić information content (AvgIpc) is 2.55. The zero-order valence-electron chi connectivity index (χ0n) is 15.4. The molecule has 0 N–H and O–H groups in total. The van der Waals surface area contributed by atoms with Crippen LogP contribution in [-0.4, -0.2) is 57.2 Å². The number of likely N-dealkylation sites (tertiary alicyclic amines) is 1. The van der Waals surface area contributed by atoms with Gasteiger partial charge in [0.25, 0.3) is 0 Å². The Bertz CT molecular complexity index is 461. The number of piperidine rings is 1. The number of rotatable bonds is 8. The second-order valence-electron chi connectivity index (χ2n) is 7.20. The highest BCUT2D eigenvalue weighted by molar-refractivity contribution is 5.31. The molecule has 2 atom stereocenters. The molecule has 1 aromatic carbocycles. The van der Waals surface area contributed by atoms with Gasteiger partial charge in [-0.2, -0.15) is 0 Å². The molecular weight excluding hydrogens is 284 g/mol. The lowest BCUT2D eigenvalue weighted by atomic mass is 9.80. The van der Waals surface area contributed by atoms with Crippen molar-refractivity contribution in [1.82, 2.24) is 9.80 Å². The molecule has 0 saturated carbocycles. The third-order valence-electron chi connectivity index (χ3n) is 5.02. The molecule has 2 rings (SSSR count). The van der Waals surface area contributed by atoms with E-state index in [1.165, 1.54) is 50.9 Å². The van der Waals surface area contributed by atoms with Gasteiger partial charge in [0.15, 0.2) is 0 Å². The largest absolute Gasteiger partial charge is 0.497 e. The normalized spacial score (nSPS) is 22.5. The zero-order chi connectivity index (χ0) is 16.7. The maximum absolute atomic E-state index is 5.43. The van der Waals surface area contributed by atoms with Gasteiger partial charge < -0.3 is 14.5 Å². The molecule has 0 aromatic heterocycles. The van der Waals surface area contributed by atoms with E-state index in [-0.39, 0.29) is 0 Å². The van der Waals surface area contributed by atoms with Crippen molar-refractivity contribution in [2.24, 2.45) is 5.92 Å². The lowest BCUT2D eigenvalue weighted by Crippen LogP contribution is -2.43. The summed E-state index contributed by atoms with van der Waals surface area (Å²) in [5.74, 6) is 2.33. The van der Waals surface area contributed by atoms with Crippen molar-refractivity contribution in [2.75, 3.05) is 47.4 Å². The fraction of sp³-hybridized carbons (Fsp3) is 0.700. The minimum atomic E-state index is 0.648. The van der Waals surface area contributed by atoms with Gasteiger partial charge in [0.1, 0.15) is 5.75 Å². The number of methoxy groups -OCH3 is 1. The molecular formula is C20H34N2O. The van der Waals surface area contributed by atoms with Crippen molar-refractivity contribution in [3.05, 3.63) is 29.8 Å². The number of nitrogens with zero attached hydrogens (tertiary/aromatic N) is 2. The summed E-state index contributed by atoms with van der Waals surface area (Å²) in [5.41, 5.74) is 1.45. The van der Waals surface area contributed by atoms with Gasteiger partial charge in [-0.25, -0.2) is 0 Å². The molecule has 0 radical (unpaired) electrons. The monoisotopic (exact) mass is 318 g/mol. The van der Waals surface area contributed by atoms with Crippen molar-refractivity contribution in [3.8, 4) is 5.75 Å². The highest BCUT2D eigenvalue weighted by atomic mass is 16.5. The van der Waals surface area contributed by atoms with Crippen LogP contribution in [0.4, 0.5) is 0 Å². The van der Waals surface area contributed by atoms with Crippen molar-refractivity contribution >= 4 is 0 Å². The summed E-state index contributed by atoms with van der Waals surface area (Å²) in [6.07, 6.45) is 5.27. The van der Waals surface area contributed by atoms with Crippen LogP contribution in [0.2, 0.25) is 0 Å². The molecule has 0 bridgehead atoms. The van der Waals surface area contributed by atoms with Crippen LogP contribution < -0.4 is 4.74 Å². The van der Waals surface area contributed by atoms with Gasteiger partial charge in [-0.3, -0.25) is 0 Å². The van der Waals surface area contributed by atoms with Crippen LogP contribution in [0.15, 0.2) is 24.3 Å². The Morgan fingerprint density at radius 1 is 1.26 bits per heavy atom. The van der Waals surface area contributed by atoms with E-state index in [0.717, 1.165) is 12.3 Å². The Labute approximate surface area is 142 Å². The first kappa shape index (κ1) is 18.3. The first-order chi connectivity index (χ1) is 11.1. The molecule has 1 aromatic rings. The first-order valence-electron chi connectivity index (χ1n) is 9.15. The Morgan fingerprint density at radius 2 is 2.09 bits per heavy atom. The molecule has 1 fully saturated rings. The van der Waals surface area contributed by atoms with E-state index in [1.54, 1.807) is 7.11 Å². The predicted octanol–water partition coefficient (Wildman–Crippen LogP) is 3.85. The molecule has 3 heteroatoms. The number of benzene rings is 1. The quantitative estimate of drug-likeness (QED) is 0.677. The number of hydrogen-bond donors (Lipinski definition) is 0. The summed E-state index contributed by atoms with van der Waals surface area (Å²) in [5, 5.41) is 0. The summed E-state index contributed by atoms with van der Waals surface area (Å²) >= 11 is 0. The lowest BCUT2D eigenvalue weighted by molar-refractivity contribution is 0.129. The van der Waals surface area contributed by atoms with Gasteiger partial charge in [0.05, 0.1) is 7.11 Å². The van der Waals surface area contributed by atoms with Crippen LogP contribution in [0, 0.1) is 5.92 Å². The van der Waals surface area contributed by atoms with Gasteiger partial charge in [0, 0.05) is 13.1 Å². The Morgan fingerprint density at radius 3 is 2.78 bits per heavy atom. The minimum absolute atomic E-state index is 0.648. The molecule has 2 unspecified atom stereocenters. The third kappa shape index (κ3) is 5.50. The summed E-state index contributed by atoms with van der Waals surface area (Å²) in [7, 11) is 6.14. The SMILES string of the molecule is CCCCCN1CCC(c2cccc(OC)c2)C(CN(C)C)C1. The molecule has 3 nitrogen and oxygen atoms in total. The Kier molecular flexibility index (Phi) is 7.38. The van der Waals surface area contributed by atoms with Crippen molar-refractivity contribution in [1.29, 1.82) is 0 Å². The number of unbranched alkanes of at least 4 members (excludes halogenated alkanes) is 2. The van der Waals surface area contributed by atoms with Crippen molar-refractivity contribution in [3.63, 3.8) is 0 Å². The van der Waals surface area contributed by atoms with Gasteiger partial charge in [-0.05, 0) is 69.6 Å². The minimum Gasteiger partial charge on any atom is -0.497 e. The van der Waals surface area contributed by atoms with Crippen LogP contribution in [-0.2, 0) is 0 Å². The summed E-state index contributed by atoms with van der Waals surface area (Å²) in [4.78, 5) is 5.02. The van der Waals surface area contributed by atoms with Gasteiger partial charge in [0.2, 0.25) is 0 Å². The van der Waals surface area contributed by atoms with Crippen LogP contribution >= 0.6 is 0 Å². The lowest BCUT2D eigenvalue weighted by Gasteiger charge is -2.40. The maximum Gasteiger partial charge on any atom is 0.119 e. The van der Waals surface area contributed by atoms with E-state index in [0.29, 0.717) is 11.8 Å². The molecule has 0 aliphatic carbocycles. The van der Waals surface area contributed by atoms with E-state index in [2.05, 4.69) is 49.0 Å². The topological polar surface area (TPSA) is 15.7 Å². The molecule has 0 amide bonds. The molecule has 1 aliphatic heterocycles. The van der Waals surface area contributed by atoms with E-state index < -0.39 is 0 Å². The molecule has 23 heavy (non-hydrogen) atoms. The van der Waals surface area contributed by atoms with E-state index in [4.69, 9.17) is 4.74 Å². The fourth-order valence-corrected chi connectivity index (χ4v) is 3.86. The van der Waals surface area contributed by atoms with Gasteiger partial charge >= 0.3 is 0 Å². The summed E-state index contributed by atoms with van der Waals surface area (Å²) in [6.45, 7) is 7.16. The van der Waals surface area contributed by atoms with Crippen LogP contribution in [0.3, 0.4) is 0 Å². The predicted molar refractivity (Wildman–Crippen MR) is 98.4 cm³/mol. The van der Waals surface area contributed by atoms with Crippen LogP contribution in [0.25, 0.3) is 0 Å². The molecule has 1 heterocycles. The second kappa shape index (κ2) is 9.29. The molecule has 0 spiro atoms. The number of hydrogen-bond acceptors (Lipinski definition) is 3. The number of ether oxygens (including phenoxy) is 1. The zero-order valence-corrected chi connectivity index (χ0v) is 15.4. The first-order valence-corrected chi connectivity index (χ1v) is 9.15. The van der Waals surface area contributed by atoms with Gasteiger partial charge in [-0.15, -0.1) is 0 Å². The molecule has 1 saturated heterocycles. The van der Waals surface area contributed by atoms with E-state index >= 15 is 0 Å². The third-order valence-corrected chi connectivity index (χ3v) is 5.02. The Hall–Kier alpha value is -1.06. The standard InChI is InChI=1S/C20H34N2O/c1-5-6-7-12-22-13-11-20(18(16-22)15-21(2)3)17-9-8-10-19(14-17)23-4/h8-10,14,18,20H,5-7,11-13,15-16H2,1-4H3. The average molecular weight is 319 g/mol. The smallest absolute Gasteiger partial charge is 0.119 e. The summed E-state index contributed by atoms with van der Waals surface area (Å²) in [6, 6.07) is 8.70. The van der Waals surface area contributed by atoms with E-state index in [9.17, 15) is 0 Å². The second-order valence-corrected chi connectivity index (χ2v) is 7.20. The van der Waals surface area contributed by atoms with Crippen LogP contribution in [0.1, 0.15) is 44.1 Å².